The van der Waals surface area contributed by atoms with Gasteiger partial charge in [0.1, 0.15) is 5.75 Å². The lowest BCUT2D eigenvalue weighted by molar-refractivity contribution is 0.299. The molecule has 1 aliphatic rings. The first-order valence-electron chi connectivity index (χ1n) is 4.32. The van der Waals surface area contributed by atoms with E-state index in [1.165, 1.54) is 6.20 Å². The summed E-state index contributed by atoms with van der Waals surface area (Å²) >= 11 is 1.88. The molecule has 1 saturated carbocycles. The summed E-state index contributed by atoms with van der Waals surface area (Å²) in [6, 6.07) is 1.65. The quantitative estimate of drug-likeness (QED) is 0.828. The summed E-state index contributed by atoms with van der Waals surface area (Å²) in [4.78, 5) is 3.74. The largest absolute Gasteiger partial charge is 0.489 e. The van der Waals surface area contributed by atoms with Crippen LogP contribution in [0.25, 0.3) is 0 Å². The van der Waals surface area contributed by atoms with E-state index in [4.69, 9.17) is 9.88 Å². The Morgan fingerprint density at radius 3 is 2.73 bits per heavy atom. The fourth-order valence-electron chi connectivity index (χ4n) is 1.06. The fraction of sp³-hybridized carbons (Fsp3) is 0.375. The molecular formula is C8H9IN2O3S. The average Bonchev–Trinajstić information content (AvgIpc) is 2.90. The summed E-state index contributed by atoms with van der Waals surface area (Å²) in [7, 11) is -3.77. The number of sulfonamides is 1. The lowest BCUT2D eigenvalue weighted by Gasteiger charge is -2.08. The van der Waals surface area contributed by atoms with Crippen molar-refractivity contribution in [1.29, 1.82) is 0 Å². The number of pyridine rings is 1. The Hall–Kier alpha value is -0.410. The molecule has 5 nitrogen and oxygen atoms in total. The van der Waals surface area contributed by atoms with Crippen LogP contribution in [0.3, 0.4) is 0 Å². The zero-order valence-electron chi connectivity index (χ0n) is 7.68. The second-order valence-electron chi connectivity index (χ2n) is 3.29. The molecular weight excluding hydrogens is 331 g/mol. The molecule has 2 rings (SSSR count). The van der Waals surface area contributed by atoms with Gasteiger partial charge in [0, 0.05) is 6.20 Å². The molecule has 7 heteroatoms. The summed E-state index contributed by atoms with van der Waals surface area (Å²) < 4.78 is 28.3. The summed E-state index contributed by atoms with van der Waals surface area (Å²) in [6.45, 7) is 0. The molecule has 1 aromatic rings. The highest BCUT2D eigenvalue weighted by atomic mass is 127. The Bertz CT molecular complexity index is 485. The van der Waals surface area contributed by atoms with Crippen molar-refractivity contribution < 1.29 is 13.2 Å². The van der Waals surface area contributed by atoms with Crippen LogP contribution in [0.1, 0.15) is 12.8 Å². The lowest BCUT2D eigenvalue weighted by atomic mass is 10.4. The zero-order chi connectivity index (χ0) is 11.1. The Morgan fingerprint density at radius 2 is 2.20 bits per heavy atom. The number of ether oxygens (including phenoxy) is 1. The topological polar surface area (TPSA) is 82.3 Å². The van der Waals surface area contributed by atoms with E-state index in [2.05, 4.69) is 4.98 Å². The van der Waals surface area contributed by atoms with E-state index in [1.54, 1.807) is 6.07 Å². The minimum atomic E-state index is -3.77. The van der Waals surface area contributed by atoms with Crippen molar-refractivity contribution in [3.63, 3.8) is 0 Å². The van der Waals surface area contributed by atoms with Crippen LogP contribution >= 0.6 is 22.6 Å². The molecule has 1 fully saturated rings. The van der Waals surface area contributed by atoms with Crippen molar-refractivity contribution >= 4 is 32.6 Å². The van der Waals surface area contributed by atoms with Gasteiger partial charge in [-0.25, -0.2) is 18.5 Å². The molecule has 1 aromatic heterocycles. The number of aromatic nitrogens is 1. The Balaban J connectivity index is 2.40. The van der Waals surface area contributed by atoms with Gasteiger partial charge in [-0.3, -0.25) is 0 Å². The first kappa shape index (κ1) is 11.1. The molecule has 0 bridgehead atoms. The second-order valence-corrected chi connectivity index (χ2v) is 5.85. The molecule has 0 saturated heterocycles. The summed E-state index contributed by atoms with van der Waals surface area (Å²) in [5.74, 6) is 0.539. The van der Waals surface area contributed by atoms with Gasteiger partial charge in [0.25, 0.3) is 10.0 Å². The van der Waals surface area contributed by atoms with Crippen molar-refractivity contribution in [2.45, 2.75) is 24.0 Å². The van der Waals surface area contributed by atoms with Crippen LogP contribution in [0.5, 0.6) is 5.75 Å². The van der Waals surface area contributed by atoms with Gasteiger partial charge in [-0.15, -0.1) is 0 Å². The molecule has 1 aliphatic carbocycles. The lowest BCUT2D eigenvalue weighted by Crippen LogP contribution is -2.16. The van der Waals surface area contributed by atoms with Crippen molar-refractivity contribution in [2.75, 3.05) is 0 Å². The van der Waals surface area contributed by atoms with Crippen LogP contribution in [-0.2, 0) is 10.0 Å². The van der Waals surface area contributed by atoms with Crippen molar-refractivity contribution in [1.82, 2.24) is 4.98 Å². The minimum Gasteiger partial charge on any atom is -0.489 e. The summed E-state index contributed by atoms with van der Waals surface area (Å²) in [5, 5.41) is 4.90. The van der Waals surface area contributed by atoms with Crippen LogP contribution in [0, 0.1) is 3.57 Å². The van der Waals surface area contributed by atoms with Crippen molar-refractivity contribution in [2.24, 2.45) is 5.14 Å². The van der Waals surface area contributed by atoms with Crippen LogP contribution in [0.15, 0.2) is 17.3 Å². The van der Waals surface area contributed by atoms with Crippen molar-refractivity contribution in [3.8, 4) is 5.75 Å². The molecule has 0 radical (unpaired) electrons. The molecule has 82 valence electrons. The first-order chi connectivity index (χ1) is 6.98. The minimum absolute atomic E-state index is 0.124. The number of hydrogen-bond acceptors (Lipinski definition) is 4. The fourth-order valence-corrected chi connectivity index (χ4v) is 2.99. The molecule has 0 spiro atoms. The summed E-state index contributed by atoms with van der Waals surface area (Å²) in [5.41, 5.74) is 0. The van der Waals surface area contributed by atoms with Gasteiger partial charge in [0.2, 0.25) is 0 Å². The average molecular weight is 340 g/mol. The third kappa shape index (κ3) is 2.58. The summed E-state index contributed by atoms with van der Waals surface area (Å²) in [6.07, 6.45) is 3.64. The third-order valence-electron chi connectivity index (χ3n) is 1.91. The highest BCUT2D eigenvalue weighted by Crippen LogP contribution is 2.31. The van der Waals surface area contributed by atoms with Gasteiger partial charge in [0.05, 0.1) is 9.67 Å². The Labute approximate surface area is 101 Å². The molecule has 0 aromatic carbocycles. The van der Waals surface area contributed by atoms with Crippen LogP contribution in [0.2, 0.25) is 0 Å². The molecule has 0 atom stereocenters. The normalized spacial score (nSPS) is 16.4. The number of rotatable bonds is 3. The maximum absolute atomic E-state index is 11.2. The predicted octanol–water partition coefficient (Wildman–Crippen LogP) is 0.875. The number of halogens is 1. The van der Waals surface area contributed by atoms with E-state index in [9.17, 15) is 8.42 Å². The highest BCUT2D eigenvalue weighted by Gasteiger charge is 2.26. The molecule has 0 amide bonds. The zero-order valence-corrected chi connectivity index (χ0v) is 10.7. The smallest absolute Gasteiger partial charge is 0.256 e. The number of hydrogen-bond donors (Lipinski definition) is 1. The van der Waals surface area contributed by atoms with Gasteiger partial charge < -0.3 is 4.74 Å². The van der Waals surface area contributed by atoms with Crippen molar-refractivity contribution in [3.05, 3.63) is 15.8 Å². The van der Waals surface area contributed by atoms with Crippen LogP contribution in [-0.4, -0.2) is 19.5 Å². The van der Waals surface area contributed by atoms with Gasteiger partial charge in [-0.1, -0.05) is 0 Å². The van der Waals surface area contributed by atoms with E-state index in [0.29, 0.717) is 9.32 Å². The molecule has 1 heterocycles. The maximum atomic E-state index is 11.2. The second kappa shape index (κ2) is 3.87. The van der Waals surface area contributed by atoms with E-state index in [-0.39, 0.29) is 11.1 Å². The van der Waals surface area contributed by atoms with Crippen LogP contribution < -0.4 is 9.88 Å². The van der Waals surface area contributed by atoms with E-state index < -0.39 is 10.0 Å². The Kier molecular flexibility index (Phi) is 2.86. The number of nitrogens with two attached hydrogens (primary N) is 1. The standard InChI is InChI=1S/C8H9IN2O3S/c9-7-6(14-5-1-2-5)3-4-11-8(7)15(10,12)13/h3-5H,1-2H2,(H2,10,12,13). The van der Waals surface area contributed by atoms with Crippen LogP contribution in [0.4, 0.5) is 0 Å². The van der Waals surface area contributed by atoms with E-state index in [0.717, 1.165) is 12.8 Å². The third-order valence-corrected chi connectivity index (χ3v) is 4.17. The highest BCUT2D eigenvalue weighted by molar-refractivity contribution is 14.1. The first-order valence-corrected chi connectivity index (χ1v) is 6.95. The maximum Gasteiger partial charge on any atom is 0.256 e. The van der Waals surface area contributed by atoms with E-state index in [1.807, 2.05) is 22.6 Å². The Morgan fingerprint density at radius 1 is 1.53 bits per heavy atom. The predicted molar refractivity (Wildman–Crippen MR) is 62.0 cm³/mol. The molecule has 0 unspecified atom stereocenters. The SMILES string of the molecule is NS(=O)(=O)c1nccc(OC2CC2)c1I. The number of primary sulfonamides is 1. The molecule has 0 aliphatic heterocycles. The van der Waals surface area contributed by atoms with Gasteiger partial charge >= 0.3 is 0 Å². The molecule has 15 heavy (non-hydrogen) atoms. The molecule has 2 N–H and O–H groups in total. The van der Waals surface area contributed by atoms with Gasteiger partial charge in [-0.2, -0.15) is 0 Å². The van der Waals surface area contributed by atoms with E-state index >= 15 is 0 Å². The van der Waals surface area contributed by atoms with Gasteiger partial charge in [-0.05, 0) is 41.5 Å². The number of nitrogens with zero attached hydrogens (tertiary/aromatic N) is 1. The monoisotopic (exact) mass is 340 g/mol. The van der Waals surface area contributed by atoms with Gasteiger partial charge in [0.15, 0.2) is 5.03 Å².